The summed E-state index contributed by atoms with van der Waals surface area (Å²) in [5.74, 6) is 1.45. The Morgan fingerprint density at radius 2 is 2.00 bits per heavy atom. The molecule has 72 valence electrons. The van der Waals surface area contributed by atoms with Crippen LogP contribution in [0.4, 0.5) is 0 Å². The molecule has 1 unspecified atom stereocenters. The van der Waals surface area contributed by atoms with Gasteiger partial charge in [0.25, 0.3) is 0 Å². The molecule has 2 nitrogen and oxygen atoms in total. The van der Waals surface area contributed by atoms with Crippen LogP contribution in [-0.4, -0.2) is 35.7 Å². The topological polar surface area (TPSA) is 23.5 Å². The Morgan fingerprint density at radius 1 is 1.42 bits per heavy atom. The zero-order valence-electron chi connectivity index (χ0n) is 8.45. The van der Waals surface area contributed by atoms with Crippen molar-refractivity contribution in [1.29, 1.82) is 0 Å². The maximum absolute atomic E-state index is 9.60. The molecule has 0 radical (unpaired) electrons. The third-order valence-electron chi connectivity index (χ3n) is 2.35. The van der Waals surface area contributed by atoms with Crippen LogP contribution in [0.5, 0.6) is 0 Å². The summed E-state index contributed by atoms with van der Waals surface area (Å²) in [6.07, 6.45) is 0.822. The lowest BCUT2D eigenvalue weighted by atomic mass is 10.00. The van der Waals surface area contributed by atoms with Gasteiger partial charge < -0.3 is 10.0 Å². The van der Waals surface area contributed by atoms with E-state index >= 15 is 0 Å². The van der Waals surface area contributed by atoms with Gasteiger partial charge in [0.05, 0.1) is 6.10 Å². The molecule has 1 aliphatic rings. The van der Waals surface area contributed by atoms with Crippen molar-refractivity contribution >= 4 is 0 Å². The quantitative estimate of drug-likeness (QED) is 0.690. The Labute approximate surface area is 75.6 Å². The molecule has 0 aliphatic carbocycles. The molecule has 0 amide bonds. The zero-order valence-corrected chi connectivity index (χ0v) is 8.45. The van der Waals surface area contributed by atoms with E-state index in [4.69, 9.17) is 0 Å². The molecule has 1 rings (SSSR count). The van der Waals surface area contributed by atoms with Gasteiger partial charge in [0.1, 0.15) is 0 Å². The molecule has 0 bridgehead atoms. The van der Waals surface area contributed by atoms with E-state index in [0.29, 0.717) is 5.92 Å². The molecule has 0 aromatic heterocycles. The van der Waals surface area contributed by atoms with Gasteiger partial charge in [0.2, 0.25) is 0 Å². The normalized spacial score (nSPS) is 22.8. The number of aliphatic hydroxyl groups excluding tert-OH is 1. The van der Waals surface area contributed by atoms with Crippen LogP contribution in [0.3, 0.4) is 0 Å². The van der Waals surface area contributed by atoms with Gasteiger partial charge in [0.15, 0.2) is 0 Å². The van der Waals surface area contributed by atoms with Crippen molar-refractivity contribution in [2.24, 2.45) is 11.8 Å². The number of nitrogens with zero attached hydrogens (tertiary/aromatic N) is 1. The summed E-state index contributed by atoms with van der Waals surface area (Å²) in [7, 11) is 0. The van der Waals surface area contributed by atoms with Crippen molar-refractivity contribution in [3.8, 4) is 0 Å². The highest BCUT2D eigenvalue weighted by molar-refractivity contribution is 4.78. The average molecular weight is 171 g/mol. The SMILES string of the molecule is CC(C)CC(O)CN1CC(C)C1. The number of aliphatic hydroxyl groups is 1. The van der Waals surface area contributed by atoms with Gasteiger partial charge in [0, 0.05) is 19.6 Å². The van der Waals surface area contributed by atoms with E-state index in [9.17, 15) is 5.11 Å². The van der Waals surface area contributed by atoms with Crippen LogP contribution in [0.15, 0.2) is 0 Å². The van der Waals surface area contributed by atoms with Crippen LogP contribution < -0.4 is 0 Å². The van der Waals surface area contributed by atoms with Crippen LogP contribution in [-0.2, 0) is 0 Å². The lowest BCUT2D eigenvalue weighted by molar-refractivity contribution is 0.0381. The molecule has 1 aliphatic heterocycles. The first-order chi connectivity index (χ1) is 5.58. The Morgan fingerprint density at radius 3 is 2.42 bits per heavy atom. The van der Waals surface area contributed by atoms with E-state index < -0.39 is 0 Å². The lowest BCUT2D eigenvalue weighted by Crippen LogP contribution is -2.48. The maximum Gasteiger partial charge on any atom is 0.0669 e. The molecule has 0 aromatic rings. The zero-order chi connectivity index (χ0) is 9.14. The minimum absolute atomic E-state index is 0.113. The second-order valence-corrected chi connectivity index (χ2v) is 4.61. The molecule has 1 fully saturated rings. The first-order valence-corrected chi connectivity index (χ1v) is 4.98. The van der Waals surface area contributed by atoms with Crippen LogP contribution >= 0.6 is 0 Å². The summed E-state index contributed by atoms with van der Waals surface area (Å²) in [6, 6.07) is 0. The van der Waals surface area contributed by atoms with E-state index in [-0.39, 0.29) is 6.10 Å². The van der Waals surface area contributed by atoms with Crippen LogP contribution in [0.1, 0.15) is 27.2 Å². The third kappa shape index (κ3) is 3.11. The second kappa shape index (κ2) is 4.24. The van der Waals surface area contributed by atoms with E-state index in [1.165, 1.54) is 13.1 Å². The predicted octanol–water partition coefficient (Wildman–Crippen LogP) is 1.35. The summed E-state index contributed by atoms with van der Waals surface area (Å²) in [6.45, 7) is 9.79. The summed E-state index contributed by atoms with van der Waals surface area (Å²) in [5.41, 5.74) is 0. The maximum atomic E-state index is 9.60. The van der Waals surface area contributed by atoms with Crippen molar-refractivity contribution in [2.45, 2.75) is 33.3 Å². The summed E-state index contributed by atoms with van der Waals surface area (Å²) in [5, 5.41) is 9.60. The molecule has 0 aromatic carbocycles. The Bertz CT molecular complexity index is 130. The fraction of sp³-hybridized carbons (Fsp3) is 1.00. The Hall–Kier alpha value is -0.0800. The number of hydrogen-bond donors (Lipinski definition) is 1. The van der Waals surface area contributed by atoms with Gasteiger partial charge in [-0.05, 0) is 18.3 Å². The molecular weight excluding hydrogens is 150 g/mol. The fourth-order valence-electron chi connectivity index (χ4n) is 1.89. The first kappa shape index (κ1) is 10.0. The number of β-amino-alcohol motifs (C(OH)–C–C–N with tert-alkyl or cyclic N) is 1. The molecular formula is C10H21NO. The van der Waals surface area contributed by atoms with Gasteiger partial charge in [-0.1, -0.05) is 20.8 Å². The van der Waals surface area contributed by atoms with Crippen LogP contribution in [0.2, 0.25) is 0 Å². The minimum Gasteiger partial charge on any atom is -0.392 e. The summed E-state index contributed by atoms with van der Waals surface area (Å²) in [4.78, 5) is 2.33. The monoisotopic (exact) mass is 171 g/mol. The highest BCUT2D eigenvalue weighted by atomic mass is 16.3. The van der Waals surface area contributed by atoms with Gasteiger partial charge in [-0.3, -0.25) is 0 Å². The molecule has 2 heteroatoms. The van der Waals surface area contributed by atoms with Gasteiger partial charge >= 0.3 is 0 Å². The summed E-state index contributed by atoms with van der Waals surface area (Å²) < 4.78 is 0. The molecule has 0 saturated carbocycles. The van der Waals surface area contributed by atoms with Crippen LogP contribution in [0, 0.1) is 11.8 Å². The molecule has 1 heterocycles. The molecule has 12 heavy (non-hydrogen) atoms. The Balaban J connectivity index is 2.06. The third-order valence-corrected chi connectivity index (χ3v) is 2.35. The van der Waals surface area contributed by atoms with Crippen molar-refractivity contribution in [3.63, 3.8) is 0 Å². The average Bonchev–Trinajstić information content (AvgIpc) is 1.82. The van der Waals surface area contributed by atoms with E-state index in [1.807, 2.05) is 0 Å². The highest BCUT2D eigenvalue weighted by Crippen LogP contribution is 2.15. The van der Waals surface area contributed by atoms with Gasteiger partial charge in [-0.25, -0.2) is 0 Å². The van der Waals surface area contributed by atoms with E-state index in [0.717, 1.165) is 18.9 Å². The first-order valence-electron chi connectivity index (χ1n) is 4.98. The number of likely N-dealkylation sites (tertiary alicyclic amines) is 1. The molecule has 1 N–H and O–H groups in total. The second-order valence-electron chi connectivity index (χ2n) is 4.61. The van der Waals surface area contributed by atoms with Crippen molar-refractivity contribution in [3.05, 3.63) is 0 Å². The smallest absolute Gasteiger partial charge is 0.0669 e. The van der Waals surface area contributed by atoms with Crippen molar-refractivity contribution in [1.82, 2.24) is 4.90 Å². The van der Waals surface area contributed by atoms with Crippen LogP contribution in [0.25, 0.3) is 0 Å². The molecule has 1 saturated heterocycles. The molecule has 0 spiro atoms. The lowest BCUT2D eigenvalue weighted by Gasteiger charge is -2.38. The largest absolute Gasteiger partial charge is 0.392 e. The van der Waals surface area contributed by atoms with Crippen molar-refractivity contribution < 1.29 is 5.11 Å². The minimum atomic E-state index is -0.113. The fourth-order valence-corrected chi connectivity index (χ4v) is 1.89. The van der Waals surface area contributed by atoms with Crippen molar-refractivity contribution in [2.75, 3.05) is 19.6 Å². The van der Waals surface area contributed by atoms with Gasteiger partial charge in [-0.15, -0.1) is 0 Å². The van der Waals surface area contributed by atoms with E-state index in [2.05, 4.69) is 25.7 Å². The number of hydrogen-bond acceptors (Lipinski definition) is 2. The standard InChI is InChI=1S/C10H21NO/c1-8(2)4-10(12)7-11-5-9(3)6-11/h8-10,12H,4-7H2,1-3H3. The molecule has 1 atom stereocenters. The Kier molecular flexibility index (Phi) is 3.53. The summed E-state index contributed by atoms with van der Waals surface area (Å²) >= 11 is 0. The van der Waals surface area contributed by atoms with E-state index in [1.54, 1.807) is 0 Å². The van der Waals surface area contributed by atoms with Gasteiger partial charge in [-0.2, -0.15) is 0 Å². The number of rotatable bonds is 4. The highest BCUT2D eigenvalue weighted by Gasteiger charge is 2.24. The predicted molar refractivity (Wildman–Crippen MR) is 51.1 cm³/mol.